The number of carbonyl (C=O) groups is 2. The first-order valence-corrected chi connectivity index (χ1v) is 8.84. The van der Waals surface area contributed by atoms with Crippen molar-refractivity contribution in [2.45, 2.75) is 27.3 Å². The Morgan fingerprint density at radius 3 is 2.54 bits per heavy atom. The number of anilines is 1. The minimum Gasteiger partial charge on any atom is -0.467 e. The van der Waals surface area contributed by atoms with Crippen LogP contribution in [0, 0.1) is 20.8 Å². The maximum atomic E-state index is 11.9. The van der Waals surface area contributed by atoms with Crippen molar-refractivity contribution in [1.29, 1.82) is 0 Å². The Bertz CT molecular complexity index is 999. The van der Waals surface area contributed by atoms with Crippen LogP contribution in [0.3, 0.4) is 0 Å². The minimum absolute atomic E-state index is 0.552. The highest BCUT2D eigenvalue weighted by Crippen LogP contribution is 2.16. The van der Waals surface area contributed by atoms with E-state index in [0.29, 0.717) is 12.2 Å². The molecule has 0 fully saturated rings. The van der Waals surface area contributed by atoms with Gasteiger partial charge in [0.2, 0.25) is 0 Å². The molecule has 0 radical (unpaired) electrons. The minimum atomic E-state index is -0.832. The zero-order chi connectivity index (χ0) is 20.1. The van der Waals surface area contributed by atoms with Crippen molar-refractivity contribution >= 4 is 23.7 Å². The SMILES string of the molecule is Cc1ccc(NC(=O)C(=O)N/N=C\c2cc(C)n(Cc3ccco3)c2C)cc1. The van der Waals surface area contributed by atoms with Crippen LogP contribution in [0.1, 0.15) is 28.3 Å². The van der Waals surface area contributed by atoms with E-state index in [1.54, 1.807) is 18.4 Å². The Balaban J connectivity index is 1.60. The Hall–Kier alpha value is -3.61. The molecule has 1 aromatic carbocycles. The third kappa shape index (κ3) is 4.56. The molecule has 0 atom stereocenters. The van der Waals surface area contributed by atoms with Gasteiger partial charge in [-0.25, -0.2) is 5.43 Å². The maximum absolute atomic E-state index is 11.9. The van der Waals surface area contributed by atoms with Crippen LogP contribution < -0.4 is 10.7 Å². The number of benzene rings is 1. The van der Waals surface area contributed by atoms with E-state index >= 15 is 0 Å². The first kappa shape index (κ1) is 19.2. The Morgan fingerprint density at radius 2 is 1.86 bits per heavy atom. The molecular weight excluding hydrogens is 356 g/mol. The van der Waals surface area contributed by atoms with E-state index in [0.717, 1.165) is 28.3 Å². The average Bonchev–Trinajstić information content (AvgIpc) is 3.27. The number of aromatic nitrogens is 1. The topological polar surface area (TPSA) is 88.6 Å². The number of nitrogens with one attached hydrogen (secondary N) is 2. The maximum Gasteiger partial charge on any atom is 0.329 e. The first-order valence-electron chi connectivity index (χ1n) is 8.84. The lowest BCUT2D eigenvalue weighted by molar-refractivity contribution is -0.136. The second-order valence-electron chi connectivity index (χ2n) is 6.51. The number of furan rings is 1. The predicted octanol–water partition coefficient (Wildman–Crippen LogP) is 3.14. The van der Waals surface area contributed by atoms with E-state index in [1.807, 2.05) is 51.1 Å². The van der Waals surface area contributed by atoms with Gasteiger partial charge in [0, 0.05) is 22.6 Å². The molecule has 0 bridgehead atoms. The second kappa shape index (κ2) is 8.39. The number of rotatable bonds is 5. The van der Waals surface area contributed by atoms with Crippen LogP contribution in [0.15, 0.2) is 58.2 Å². The molecule has 3 rings (SSSR count). The largest absolute Gasteiger partial charge is 0.467 e. The van der Waals surface area contributed by atoms with Crippen LogP contribution >= 0.6 is 0 Å². The van der Waals surface area contributed by atoms with E-state index < -0.39 is 11.8 Å². The summed E-state index contributed by atoms with van der Waals surface area (Å²) in [5.74, 6) is -0.753. The van der Waals surface area contributed by atoms with Gasteiger partial charge in [0.25, 0.3) is 0 Å². The van der Waals surface area contributed by atoms with E-state index in [2.05, 4.69) is 20.4 Å². The highest BCUT2D eigenvalue weighted by Gasteiger charge is 2.13. The fourth-order valence-electron chi connectivity index (χ4n) is 2.80. The van der Waals surface area contributed by atoms with Crippen molar-refractivity contribution in [3.05, 3.63) is 77.0 Å². The van der Waals surface area contributed by atoms with Crippen LogP contribution in [0.4, 0.5) is 5.69 Å². The van der Waals surface area contributed by atoms with Crippen molar-refractivity contribution in [2.24, 2.45) is 5.10 Å². The van der Waals surface area contributed by atoms with E-state index in [1.165, 1.54) is 6.21 Å². The van der Waals surface area contributed by atoms with Crippen LogP contribution in [0.2, 0.25) is 0 Å². The van der Waals surface area contributed by atoms with Gasteiger partial charge in [-0.15, -0.1) is 0 Å². The molecule has 0 saturated carbocycles. The smallest absolute Gasteiger partial charge is 0.329 e. The molecule has 0 unspecified atom stereocenters. The molecule has 7 nitrogen and oxygen atoms in total. The number of hydrogen-bond donors (Lipinski definition) is 2. The molecule has 2 aromatic heterocycles. The van der Waals surface area contributed by atoms with Crippen LogP contribution in [-0.2, 0) is 16.1 Å². The normalized spacial score (nSPS) is 11.0. The molecule has 7 heteroatoms. The Labute approximate surface area is 163 Å². The fourth-order valence-corrected chi connectivity index (χ4v) is 2.80. The van der Waals surface area contributed by atoms with Crippen molar-refractivity contribution in [3.63, 3.8) is 0 Å². The highest BCUT2D eigenvalue weighted by atomic mass is 16.3. The van der Waals surface area contributed by atoms with Crippen molar-refractivity contribution in [2.75, 3.05) is 5.32 Å². The monoisotopic (exact) mass is 378 g/mol. The fraction of sp³-hybridized carbons (Fsp3) is 0.190. The zero-order valence-electron chi connectivity index (χ0n) is 16.0. The number of nitrogens with zero attached hydrogens (tertiary/aromatic N) is 2. The summed E-state index contributed by atoms with van der Waals surface area (Å²) in [4.78, 5) is 23.8. The lowest BCUT2D eigenvalue weighted by atomic mass is 10.2. The summed E-state index contributed by atoms with van der Waals surface area (Å²) in [5.41, 5.74) is 6.75. The van der Waals surface area contributed by atoms with Crippen molar-refractivity contribution in [1.82, 2.24) is 9.99 Å². The summed E-state index contributed by atoms with van der Waals surface area (Å²) >= 11 is 0. The lowest BCUT2D eigenvalue weighted by Gasteiger charge is -2.07. The summed E-state index contributed by atoms with van der Waals surface area (Å²) < 4.78 is 7.48. The molecule has 0 saturated heterocycles. The molecule has 3 aromatic rings. The number of aryl methyl sites for hydroxylation is 2. The Morgan fingerprint density at radius 1 is 1.11 bits per heavy atom. The third-order valence-corrected chi connectivity index (χ3v) is 4.39. The molecule has 2 heterocycles. The van der Waals surface area contributed by atoms with Gasteiger partial charge in [0.15, 0.2) is 0 Å². The van der Waals surface area contributed by atoms with Crippen LogP contribution in [-0.4, -0.2) is 22.6 Å². The molecule has 144 valence electrons. The quantitative estimate of drug-likeness (QED) is 0.406. The summed E-state index contributed by atoms with van der Waals surface area (Å²) in [6, 6.07) is 12.9. The number of hydrogen-bond acceptors (Lipinski definition) is 4. The van der Waals surface area contributed by atoms with Gasteiger partial charge in [-0.05, 0) is 51.1 Å². The van der Waals surface area contributed by atoms with Crippen molar-refractivity contribution < 1.29 is 14.0 Å². The van der Waals surface area contributed by atoms with Gasteiger partial charge < -0.3 is 14.3 Å². The van der Waals surface area contributed by atoms with E-state index in [9.17, 15) is 9.59 Å². The summed E-state index contributed by atoms with van der Waals surface area (Å²) in [6.07, 6.45) is 3.17. The van der Waals surface area contributed by atoms with Gasteiger partial charge in [0.05, 0.1) is 19.0 Å². The predicted molar refractivity (Wildman–Crippen MR) is 107 cm³/mol. The molecule has 2 N–H and O–H groups in total. The Kier molecular flexibility index (Phi) is 5.74. The van der Waals surface area contributed by atoms with Crippen LogP contribution in [0.25, 0.3) is 0 Å². The molecule has 0 spiro atoms. The molecular formula is C21H22N4O3. The van der Waals surface area contributed by atoms with Gasteiger partial charge in [-0.1, -0.05) is 17.7 Å². The second-order valence-corrected chi connectivity index (χ2v) is 6.51. The van der Waals surface area contributed by atoms with Gasteiger partial charge >= 0.3 is 11.8 Å². The highest BCUT2D eigenvalue weighted by molar-refractivity contribution is 6.39. The van der Waals surface area contributed by atoms with Gasteiger partial charge in [-0.3, -0.25) is 9.59 Å². The van der Waals surface area contributed by atoms with Gasteiger partial charge in [0.1, 0.15) is 5.76 Å². The lowest BCUT2D eigenvalue weighted by Crippen LogP contribution is -2.32. The van der Waals surface area contributed by atoms with Crippen LogP contribution in [0.5, 0.6) is 0 Å². The van der Waals surface area contributed by atoms with E-state index in [4.69, 9.17) is 4.42 Å². The van der Waals surface area contributed by atoms with E-state index in [-0.39, 0.29) is 0 Å². The molecule has 2 amide bonds. The number of amides is 2. The molecule has 28 heavy (non-hydrogen) atoms. The standard InChI is InChI=1S/C21H22N4O3/c1-14-6-8-18(9-7-14)23-20(26)21(27)24-22-12-17-11-15(2)25(16(17)3)13-19-5-4-10-28-19/h4-12H,13H2,1-3H3,(H,23,26)(H,24,27)/b22-12-. The number of hydrazone groups is 1. The zero-order valence-corrected chi connectivity index (χ0v) is 16.0. The summed E-state index contributed by atoms with van der Waals surface area (Å²) in [5, 5.41) is 6.44. The van der Waals surface area contributed by atoms with Crippen molar-refractivity contribution in [3.8, 4) is 0 Å². The average molecular weight is 378 g/mol. The summed E-state index contributed by atoms with van der Waals surface area (Å²) in [7, 11) is 0. The molecule has 0 aliphatic rings. The summed E-state index contributed by atoms with van der Waals surface area (Å²) in [6.45, 7) is 6.51. The molecule has 0 aliphatic heterocycles. The van der Waals surface area contributed by atoms with Gasteiger partial charge in [-0.2, -0.15) is 5.10 Å². The number of carbonyl (C=O) groups excluding carboxylic acids is 2. The molecule has 0 aliphatic carbocycles. The first-order chi connectivity index (χ1) is 13.4. The third-order valence-electron chi connectivity index (χ3n) is 4.39.